The fourth-order valence-corrected chi connectivity index (χ4v) is 2.49. The summed E-state index contributed by atoms with van der Waals surface area (Å²) in [6.45, 7) is 1.70. The van der Waals surface area contributed by atoms with Crippen LogP contribution in [0, 0.1) is 5.82 Å². The van der Waals surface area contributed by atoms with E-state index in [0.29, 0.717) is 17.1 Å². The molecule has 0 aliphatic carbocycles. The fraction of sp³-hybridized carbons (Fsp3) is 0.462. The van der Waals surface area contributed by atoms with Crippen molar-refractivity contribution in [1.29, 1.82) is 0 Å². The molecule has 1 saturated heterocycles. The molecule has 2 N–H and O–H groups in total. The van der Waals surface area contributed by atoms with Crippen LogP contribution in [0.2, 0.25) is 0 Å². The zero-order valence-corrected chi connectivity index (χ0v) is 11.6. The quantitative estimate of drug-likeness (QED) is 0.892. The number of hydrogen-bond donors (Lipinski definition) is 2. The Morgan fingerprint density at radius 3 is 3.06 bits per heavy atom. The second-order valence-corrected chi connectivity index (χ2v) is 5.38. The molecule has 1 fully saturated rings. The Kier molecular flexibility index (Phi) is 4.72. The first kappa shape index (κ1) is 13.5. The van der Waals surface area contributed by atoms with Gasteiger partial charge in [0, 0.05) is 12.6 Å². The van der Waals surface area contributed by atoms with Gasteiger partial charge in [0.1, 0.15) is 5.82 Å². The first-order chi connectivity index (χ1) is 8.65. The number of carbonyl (C=O) groups excluding carboxylic acids is 1. The highest BCUT2D eigenvalue weighted by Crippen LogP contribution is 2.17. The molecule has 1 heterocycles. The summed E-state index contributed by atoms with van der Waals surface area (Å²) in [6, 6.07) is 5.04. The van der Waals surface area contributed by atoms with Gasteiger partial charge in [-0.05, 0) is 53.0 Å². The van der Waals surface area contributed by atoms with Crippen LogP contribution >= 0.6 is 15.9 Å². The average Bonchev–Trinajstić information content (AvgIpc) is 2.84. The van der Waals surface area contributed by atoms with Crippen molar-refractivity contribution < 1.29 is 9.18 Å². The molecule has 18 heavy (non-hydrogen) atoms. The average molecular weight is 315 g/mol. The van der Waals surface area contributed by atoms with Crippen LogP contribution in [0.5, 0.6) is 0 Å². The number of nitrogens with one attached hydrogen (secondary N) is 2. The zero-order chi connectivity index (χ0) is 13.0. The van der Waals surface area contributed by atoms with E-state index in [-0.39, 0.29) is 18.1 Å². The van der Waals surface area contributed by atoms with Gasteiger partial charge in [-0.3, -0.25) is 4.79 Å². The molecule has 1 aromatic carbocycles. The van der Waals surface area contributed by atoms with E-state index in [2.05, 4.69) is 26.6 Å². The van der Waals surface area contributed by atoms with Crippen LogP contribution in [0.3, 0.4) is 0 Å². The topological polar surface area (TPSA) is 41.1 Å². The van der Waals surface area contributed by atoms with E-state index in [1.807, 2.05) is 0 Å². The largest absolute Gasteiger partial charge is 0.354 e. The summed E-state index contributed by atoms with van der Waals surface area (Å²) >= 11 is 3.11. The SMILES string of the molecule is O=C(Cc1ccc(F)c(Br)c1)NCC1CCCN1. The normalized spacial score (nSPS) is 18.9. The second kappa shape index (κ2) is 6.29. The molecule has 1 aromatic rings. The molecule has 1 amide bonds. The monoisotopic (exact) mass is 314 g/mol. The number of amides is 1. The molecule has 0 spiro atoms. The van der Waals surface area contributed by atoms with Crippen LogP contribution in [0.25, 0.3) is 0 Å². The predicted molar refractivity (Wildman–Crippen MR) is 71.8 cm³/mol. The molecule has 3 nitrogen and oxygen atoms in total. The molecule has 2 rings (SSSR count). The Labute approximate surface area is 114 Å². The van der Waals surface area contributed by atoms with Crippen molar-refractivity contribution in [3.05, 3.63) is 34.1 Å². The Hall–Kier alpha value is -0.940. The Bertz CT molecular complexity index is 433. The minimum Gasteiger partial charge on any atom is -0.354 e. The number of halogens is 2. The zero-order valence-electron chi connectivity index (χ0n) is 10.0. The van der Waals surface area contributed by atoms with Gasteiger partial charge in [-0.1, -0.05) is 6.07 Å². The minimum absolute atomic E-state index is 0.0257. The van der Waals surface area contributed by atoms with Gasteiger partial charge in [0.05, 0.1) is 10.9 Å². The fourth-order valence-electron chi connectivity index (χ4n) is 2.07. The summed E-state index contributed by atoms with van der Waals surface area (Å²) in [4.78, 5) is 11.7. The van der Waals surface area contributed by atoms with Crippen LogP contribution in [-0.2, 0) is 11.2 Å². The molecule has 0 bridgehead atoms. The van der Waals surface area contributed by atoms with E-state index < -0.39 is 0 Å². The smallest absolute Gasteiger partial charge is 0.224 e. The molecule has 5 heteroatoms. The Balaban J connectivity index is 1.80. The van der Waals surface area contributed by atoms with E-state index in [9.17, 15) is 9.18 Å². The van der Waals surface area contributed by atoms with Gasteiger partial charge in [0.2, 0.25) is 5.91 Å². The van der Waals surface area contributed by atoms with E-state index in [1.54, 1.807) is 12.1 Å². The van der Waals surface area contributed by atoms with Crippen LogP contribution in [-0.4, -0.2) is 25.0 Å². The van der Waals surface area contributed by atoms with E-state index in [4.69, 9.17) is 0 Å². The van der Waals surface area contributed by atoms with Crippen molar-refractivity contribution in [2.24, 2.45) is 0 Å². The number of rotatable bonds is 4. The lowest BCUT2D eigenvalue weighted by molar-refractivity contribution is -0.120. The van der Waals surface area contributed by atoms with Gasteiger partial charge in [-0.2, -0.15) is 0 Å². The number of benzene rings is 1. The third-order valence-corrected chi connectivity index (χ3v) is 3.66. The lowest BCUT2D eigenvalue weighted by Crippen LogP contribution is -2.37. The molecule has 0 aromatic heterocycles. The summed E-state index contributed by atoms with van der Waals surface area (Å²) in [7, 11) is 0. The van der Waals surface area contributed by atoms with Gasteiger partial charge in [-0.15, -0.1) is 0 Å². The number of carbonyl (C=O) groups is 1. The van der Waals surface area contributed by atoms with Gasteiger partial charge >= 0.3 is 0 Å². The molecule has 98 valence electrons. The van der Waals surface area contributed by atoms with Crippen molar-refractivity contribution in [3.8, 4) is 0 Å². The van der Waals surface area contributed by atoms with Crippen molar-refractivity contribution in [2.45, 2.75) is 25.3 Å². The summed E-state index contributed by atoms with van der Waals surface area (Å²) in [5, 5.41) is 6.22. The maximum absolute atomic E-state index is 13.0. The number of hydrogen-bond acceptors (Lipinski definition) is 2. The molecule has 0 saturated carbocycles. The standard InChI is InChI=1S/C13H16BrFN2O/c14-11-6-9(3-4-12(11)15)7-13(18)17-8-10-2-1-5-16-10/h3-4,6,10,16H,1-2,5,7-8H2,(H,17,18). The molecule has 0 radical (unpaired) electrons. The summed E-state index contributed by atoms with van der Waals surface area (Å²) in [6.07, 6.45) is 2.57. The molecular weight excluding hydrogens is 299 g/mol. The first-order valence-corrected chi connectivity index (χ1v) is 6.88. The minimum atomic E-state index is -0.311. The van der Waals surface area contributed by atoms with E-state index in [0.717, 1.165) is 18.5 Å². The van der Waals surface area contributed by atoms with E-state index >= 15 is 0 Å². The van der Waals surface area contributed by atoms with Crippen molar-refractivity contribution in [3.63, 3.8) is 0 Å². The van der Waals surface area contributed by atoms with Crippen LogP contribution < -0.4 is 10.6 Å². The van der Waals surface area contributed by atoms with Crippen LogP contribution in [0.4, 0.5) is 4.39 Å². The van der Waals surface area contributed by atoms with Crippen molar-refractivity contribution >= 4 is 21.8 Å². The molecule has 1 aliphatic rings. The van der Waals surface area contributed by atoms with Gasteiger partial charge in [-0.25, -0.2) is 4.39 Å². The third-order valence-electron chi connectivity index (χ3n) is 3.06. The maximum Gasteiger partial charge on any atom is 0.224 e. The Morgan fingerprint density at radius 1 is 1.56 bits per heavy atom. The molecule has 1 unspecified atom stereocenters. The highest BCUT2D eigenvalue weighted by Gasteiger charge is 2.14. The first-order valence-electron chi connectivity index (χ1n) is 6.09. The summed E-state index contributed by atoms with van der Waals surface area (Å²) < 4.78 is 13.4. The maximum atomic E-state index is 13.0. The Morgan fingerprint density at radius 2 is 2.39 bits per heavy atom. The van der Waals surface area contributed by atoms with Crippen LogP contribution in [0.1, 0.15) is 18.4 Å². The molecule has 1 atom stereocenters. The third kappa shape index (κ3) is 3.78. The van der Waals surface area contributed by atoms with Gasteiger partial charge in [0.25, 0.3) is 0 Å². The van der Waals surface area contributed by atoms with Gasteiger partial charge in [0.15, 0.2) is 0 Å². The summed E-state index contributed by atoms with van der Waals surface area (Å²) in [5.41, 5.74) is 0.806. The van der Waals surface area contributed by atoms with Crippen molar-refractivity contribution in [1.82, 2.24) is 10.6 Å². The second-order valence-electron chi connectivity index (χ2n) is 4.52. The van der Waals surface area contributed by atoms with Crippen LogP contribution in [0.15, 0.2) is 22.7 Å². The lowest BCUT2D eigenvalue weighted by atomic mass is 10.1. The summed E-state index contributed by atoms with van der Waals surface area (Å²) in [5.74, 6) is -0.337. The van der Waals surface area contributed by atoms with E-state index in [1.165, 1.54) is 12.5 Å². The molecular formula is C13H16BrFN2O. The highest BCUT2D eigenvalue weighted by molar-refractivity contribution is 9.10. The van der Waals surface area contributed by atoms with Crippen molar-refractivity contribution in [2.75, 3.05) is 13.1 Å². The predicted octanol–water partition coefficient (Wildman–Crippen LogP) is 2.00. The molecule has 1 aliphatic heterocycles. The van der Waals surface area contributed by atoms with Gasteiger partial charge < -0.3 is 10.6 Å². The highest BCUT2D eigenvalue weighted by atomic mass is 79.9. The lowest BCUT2D eigenvalue weighted by Gasteiger charge is -2.11.